The monoisotopic (exact) mass is 477 g/mol. The van der Waals surface area contributed by atoms with E-state index in [1.807, 2.05) is 29.4 Å². The van der Waals surface area contributed by atoms with Crippen LogP contribution in [0.25, 0.3) is 0 Å². The maximum atomic E-state index is 13.6. The second kappa shape index (κ2) is 11.3. The van der Waals surface area contributed by atoms with E-state index in [-0.39, 0.29) is 6.61 Å². The lowest BCUT2D eigenvalue weighted by atomic mass is 10.2. The Bertz CT molecular complexity index is 1150. The van der Waals surface area contributed by atoms with Crippen molar-refractivity contribution in [2.45, 2.75) is 6.92 Å². The number of anilines is 2. The van der Waals surface area contributed by atoms with Gasteiger partial charge < -0.3 is 10.0 Å². The van der Waals surface area contributed by atoms with Crippen molar-refractivity contribution in [1.82, 2.24) is 0 Å². The predicted octanol–water partition coefficient (Wildman–Crippen LogP) is 6.06. The lowest BCUT2D eigenvalue weighted by molar-refractivity contribution is 0.302. The maximum Gasteiger partial charge on any atom is 0.200 e. The number of rotatable bonds is 9. The summed E-state index contributed by atoms with van der Waals surface area (Å²) in [5.74, 6) is -10.4. The Labute approximate surface area is 192 Å². The zero-order chi connectivity index (χ0) is 24.7. The molecule has 0 saturated heterocycles. The van der Waals surface area contributed by atoms with E-state index in [0.29, 0.717) is 23.5 Å². The number of nitrogens with zero attached hydrogens (tertiary/aromatic N) is 4. The summed E-state index contributed by atoms with van der Waals surface area (Å²) < 4.78 is 66.7. The lowest BCUT2D eigenvalue weighted by Crippen LogP contribution is -2.25. The third kappa shape index (κ3) is 5.73. The zero-order valence-electron chi connectivity index (χ0n) is 17.9. The maximum absolute atomic E-state index is 13.6. The molecule has 0 fully saturated rings. The van der Waals surface area contributed by atoms with Crippen LogP contribution in [-0.4, -0.2) is 31.0 Å². The number of hydrogen-bond donors (Lipinski definition) is 2. The molecular weight excluding hydrogens is 457 g/mol. The van der Waals surface area contributed by atoms with Crippen molar-refractivity contribution < 1.29 is 27.1 Å². The third-order valence-corrected chi connectivity index (χ3v) is 4.74. The van der Waals surface area contributed by atoms with Crippen molar-refractivity contribution in [3.05, 3.63) is 83.2 Å². The van der Waals surface area contributed by atoms with Gasteiger partial charge in [-0.1, -0.05) is 12.1 Å². The molecule has 6 nitrogen and oxygen atoms in total. The van der Waals surface area contributed by atoms with Gasteiger partial charge in [0.05, 0.1) is 24.2 Å². The first kappa shape index (κ1) is 24.8. The first-order valence-corrected chi connectivity index (χ1v) is 10.1. The molecule has 0 saturated carbocycles. The van der Waals surface area contributed by atoms with E-state index < -0.39 is 34.8 Å². The largest absolute Gasteiger partial charge is 0.395 e. The Morgan fingerprint density at radius 2 is 1.29 bits per heavy atom. The molecule has 0 radical (unpaired) electrons. The van der Waals surface area contributed by atoms with E-state index in [2.05, 4.69) is 15.3 Å². The van der Waals surface area contributed by atoms with E-state index in [0.717, 1.165) is 18.4 Å². The Balaban J connectivity index is 1.64. The van der Waals surface area contributed by atoms with Gasteiger partial charge in [0.15, 0.2) is 23.3 Å². The van der Waals surface area contributed by atoms with Crippen molar-refractivity contribution in [2.75, 3.05) is 30.0 Å². The molecule has 3 rings (SSSR count). The predicted molar refractivity (Wildman–Crippen MR) is 119 cm³/mol. The number of benzene rings is 3. The molecule has 178 valence electrons. The van der Waals surface area contributed by atoms with Crippen LogP contribution in [0.1, 0.15) is 12.5 Å². The average Bonchev–Trinajstić information content (AvgIpc) is 2.86. The van der Waals surface area contributed by atoms with Crippen LogP contribution in [0.2, 0.25) is 0 Å². The van der Waals surface area contributed by atoms with Gasteiger partial charge in [0.2, 0.25) is 5.82 Å². The normalized spacial score (nSPS) is 11.5. The van der Waals surface area contributed by atoms with Crippen LogP contribution in [0.15, 0.2) is 63.9 Å². The number of hydrogen-bond acceptors (Lipinski definition) is 6. The molecule has 34 heavy (non-hydrogen) atoms. The minimum Gasteiger partial charge on any atom is -0.395 e. The van der Waals surface area contributed by atoms with Gasteiger partial charge in [0.1, 0.15) is 5.69 Å². The van der Waals surface area contributed by atoms with Gasteiger partial charge in [-0.15, -0.1) is 0 Å². The van der Waals surface area contributed by atoms with E-state index in [4.69, 9.17) is 5.11 Å². The number of nitrogens with one attached hydrogen (secondary N) is 1. The average molecular weight is 477 g/mol. The molecule has 3 aromatic rings. The molecule has 0 aliphatic carbocycles. The number of azo groups is 1. The molecular formula is C23H20F5N5O. The minimum absolute atomic E-state index is 0.0587. The van der Waals surface area contributed by atoms with Crippen molar-refractivity contribution >= 4 is 29.0 Å². The number of aliphatic hydroxyl groups is 1. The first-order chi connectivity index (χ1) is 16.3. The lowest BCUT2D eigenvalue weighted by Gasteiger charge is -2.21. The molecule has 0 aromatic heterocycles. The summed E-state index contributed by atoms with van der Waals surface area (Å²) in [6, 6.07) is 13.7. The fourth-order valence-electron chi connectivity index (χ4n) is 2.94. The Hall–Kier alpha value is -3.86. The Kier molecular flexibility index (Phi) is 8.25. The van der Waals surface area contributed by atoms with Crippen molar-refractivity contribution in [3.63, 3.8) is 0 Å². The van der Waals surface area contributed by atoms with Crippen molar-refractivity contribution in [1.29, 1.82) is 0 Å². The highest BCUT2D eigenvalue weighted by atomic mass is 19.2. The highest BCUT2D eigenvalue weighted by Gasteiger charge is 2.25. The fraction of sp³-hybridized carbons (Fsp3) is 0.174. The molecule has 0 heterocycles. The first-order valence-electron chi connectivity index (χ1n) is 10.1. The third-order valence-electron chi connectivity index (χ3n) is 4.74. The van der Waals surface area contributed by atoms with E-state index >= 15 is 0 Å². The number of hydrazone groups is 1. The minimum atomic E-state index is -2.24. The van der Waals surface area contributed by atoms with Gasteiger partial charge in [-0.25, -0.2) is 22.0 Å². The molecule has 0 aliphatic rings. The zero-order valence-corrected chi connectivity index (χ0v) is 17.9. The van der Waals surface area contributed by atoms with Crippen LogP contribution in [0.3, 0.4) is 0 Å². The summed E-state index contributed by atoms with van der Waals surface area (Å²) in [4.78, 5) is 2.02. The summed E-state index contributed by atoms with van der Waals surface area (Å²) in [5.41, 5.74) is 3.17. The van der Waals surface area contributed by atoms with Crippen molar-refractivity contribution in [3.8, 4) is 0 Å². The summed E-state index contributed by atoms with van der Waals surface area (Å²) in [7, 11) is 0. The second-order valence-corrected chi connectivity index (χ2v) is 6.93. The molecule has 0 unspecified atom stereocenters. The van der Waals surface area contributed by atoms with Crippen LogP contribution < -0.4 is 10.3 Å². The summed E-state index contributed by atoms with van der Waals surface area (Å²) in [5, 5.41) is 20.9. The summed E-state index contributed by atoms with van der Waals surface area (Å²) >= 11 is 0. The second-order valence-electron chi connectivity index (χ2n) is 6.93. The molecule has 3 aromatic carbocycles. The molecule has 0 bridgehead atoms. The molecule has 0 aliphatic heterocycles. The van der Waals surface area contributed by atoms with Crippen LogP contribution in [-0.2, 0) is 0 Å². The Morgan fingerprint density at radius 3 is 1.79 bits per heavy atom. The smallest absolute Gasteiger partial charge is 0.200 e. The van der Waals surface area contributed by atoms with Gasteiger partial charge in [0.25, 0.3) is 0 Å². The van der Waals surface area contributed by atoms with Gasteiger partial charge in [-0.3, -0.25) is 5.43 Å². The highest BCUT2D eigenvalue weighted by molar-refractivity contribution is 5.80. The SMILES string of the molecule is CCN(CCO)c1ccc(N=Nc2ccc(/C=N/Nc3c(F)c(F)c(F)c(F)c3F)cc2)cc1. The molecule has 2 N–H and O–H groups in total. The summed E-state index contributed by atoms with van der Waals surface area (Å²) in [6.07, 6.45) is 1.14. The van der Waals surface area contributed by atoms with Crippen molar-refractivity contribution in [2.24, 2.45) is 15.3 Å². The van der Waals surface area contributed by atoms with E-state index in [1.54, 1.807) is 36.4 Å². The Morgan fingerprint density at radius 1 is 0.794 bits per heavy atom. The molecule has 0 amide bonds. The molecule has 0 atom stereocenters. The number of aliphatic hydroxyl groups excluding tert-OH is 1. The van der Waals surface area contributed by atoms with E-state index in [1.165, 1.54) is 0 Å². The number of halogens is 5. The van der Waals surface area contributed by atoms with Gasteiger partial charge in [0, 0.05) is 18.8 Å². The molecule has 0 spiro atoms. The number of likely N-dealkylation sites (N-methyl/N-ethyl adjacent to an activating group) is 1. The van der Waals surface area contributed by atoms with Crippen LogP contribution in [0.5, 0.6) is 0 Å². The fourth-order valence-corrected chi connectivity index (χ4v) is 2.94. The summed E-state index contributed by atoms with van der Waals surface area (Å²) in [6.45, 7) is 3.34. The van der Waals surface area contributed by atoms with Crippen LogP contribution in [0, 0.1) is 29.1 Å². The highest BCUT2D eigenvalue weighted by Crippen LogP contribution is 2.27. The van der Waals surface area contributed by atoms with Gasteiger partial charge in [-0.2, -0.15) is 15.3 Å². The molecule has 11 heteroatoms. The van der Waals surface area contributed by atoms with Gasteiger partial charge >= 0.3 is 0 Å². The topological polar surface area (TPSA) is 72.6 Å². The van der Waals surface area contributed by atoms with Gasteiger partial charge in [-0.05, 0) is 48.9 Å². The quantitative estimate of drug-likeness (QED) is 0.0983. The van der Waals surface area contributed by atoms with Crippen LogP contribution in [0.4, 0.5) is 44.7 Å². The van der Waals surface area contributed by atoms with E-state index in [9.17, 15) is 22.0 Å². The standard InChI is InChI=1S/C23H20F5N5O/c1-2-33(11-12-34)17-9-7-16(8-10-17)31-30-15-5-3-14(4-6-15)13-29-32-23-21(27)19(25)18(24)20(26)22(23)28/h3-10,13,32,34H,2,11-12H2,1H3/b29-13+,31-30?. The van der Waals surface area contributed by atoms with Crippen LogP contribution >= 0.6 is 0 Å².